The van der Waals surface area contributed by atoms with E-state index in [-0.39, 0.29) is 117 Å². The average Bonchev–Trinajstić information content (AvgIpc) is 1.49. The van der Waals surface area contributed by atoms with Crippen LogP contribution in [0.4, 0.5) is 10.0 Å². The lowest BCUT2D eigenvalue weighted by molar-refractivity contribution is -0.167. The number of carbonyl (C=O) groups is 5. The van der Waals surface area contributed by atoms with Crippen LogP contribution in [-0.2, 0) is 75.4 Å². The smallest absolute Gasteiger partial charge is 0.333 e. The van der Waals surface area contributed by atoms with Gasteiger partial charge in [-0.2, -0.15) is 21.0 Å². The predicted octanol–water partition coefficient (Wildman–Crippen LogP) is 12.8. The molecule has 0 radical (unpaired) electrons. The van der Waals surface area contributed by atoms with Gasteiger partial charge >= 0.3 is 23.9 Å². The second-order valence-electron chi connectivity index (χ2n) is 20.7. The first-order valence-corrected chi connectivity index (χ1v) is 29.9. The zero-order valence-electron chi connectivity index (χ0n) is 46.3. The molecule has 0 saturated carbocycles. The fourth-order valence-corrected chi connectivity index (χ4v) is 15.6. The topological polar surface area (TPSA) is 262 Å². The molecule has 0 bridgehead atoms. The van der Waals surface area contributed by atoms with Crippen molar-refractivity contribution in [3.63, 3.8) is 0 Å². The maximum atomic E-state index is 16.3. The zero-order chi connectivity index (χ0) is 61.6. The predicted molar refractivity (Wildman–Crippen MR) is 330 cm³/mol. The van der Waals surface area contributed by atoms with Crippen molar-refractivity contribution < 1.29 is 48.0 Å². The Hall–Kier alpha value is -11.3. The highest BCUT2D eigenvalue weighted by Crippen LogP contribution is 2.68. The molecule has 428 valence electrons. The van der Waals surface area contributed by atoms with Gasteiger partial charge in [0.25, 0.3) is 0 Å². The summed E-state index contributed by atoms with van der Waals surface area (Å²) in [5.74, 6) is -5.28. The SMILES string of the molecule is N#CC(C#N)=C1C(=Nc2cc3c(s2)-c2sc4c(c2C3(C(=O)OCc2ccccc2)C(=O)OCc2ccccc2)C(C(=O)OCc2ccccc2)(C(=O)OCc2ccccc2)c2cc(N=C3C(=C(C#N)C#N)c5ccccc5C3O)sc2-4)C(=O)c2ccccc21. The van der Waals surface area contributed by atoms with Crippen LogP contribution >= 0.6 is 34.0 Å². The second-order valence-corrected chi connectivity index (χ2v) is 23.8. The summed E-state index contributed by atoms with van der Waals surface area (Å²) in [6.45, 7) is -1.48. The number of hydrogen-bond acceptors (Lipinski definition) is 19. The number of ketones is 1. The van der Waals surface area contributed by atoms with E-state index in [0.717, 1.165) is 34.0 Å². The number of aliphatic hydroxyl groups is 1. The molecule has 1 atom stereocenters. The molecule has 1 N–H and O–H groups in total. The van der Waals surface area contributed by atoms with Gasteiger partial charge in [-0.3, -0.25) is 24.0 Å². The molecular weight excluding hydrogens is 1180 g/mol. The number of allylic oxidation sites excluding steroid dienone is 3. The zero-order valence-corrected chi connectivity index (χ0v) is 48.7. The van der Waals surface area contributed by atoms with Crippen LogP contribution in [0.3, 0.4) is 0 Å². The Labute approximate surface area is 519 Å². The summed E-state index contributed by atoms with van der Waals surface area (Å²) in [6.07, 6.45) is -1.43. The Balaban J connectivity index is 1.10. The van der Waals surface area contributed by atoms with Crippen molar-refractivity contribution in [2.75, 3.05) is 0 Å². The lowest BCUT2D eigenvalue weighted by atomic mass is 9.70. The van der Waals surface area contributed by atoms with E-state index in [1.54, 1.807) is 170 Å². The van der Waals surface area contributed by atoms with E-state index in [4.69, 9.17) is 28.9 Å². The molecule has 9 aromatic rings. The lowest BCUT2D eigenvalue weighted by Crippen LogP contribution is -2.50. The van der Waals surface area contributed by atoms with Crippen LogP contribution in [-0.4, -0.2) is 46.2 Å². The van der Waals surface area contributed by atoms with Crippen LogP contribution in [0.25, 0.3) is 30.7 Å². The summed E-state index contributed by atoms with van der Waals surface area (Å²) in [5, 5.41) is 53.2. The Morgan fingerprint density at radius 2 is 0.809 bits per heavy atom. The fourth-order valence-electron chi connectivity index (χ4n) is 11.7. The minimum atomic E-state index is -2.73. The average molecular weight is 1220 g/mol. The Kier molecular flexibility index (Phi) is 14.8. The number of Topliss-reactive ketones (excluding diaryl/α,β-unsaturated/α-hetero) is 1. The molecule has 89 heavy (non-hydrogen) atoms. The van der Waals surface area contributed by atoms with Gasteiger partial charge in [0, 0.05) is 39.0 Å². The third-order valence-electron chi connectivity index (χ3n) is 15.7. The van der Waals surface area contributed by atoms with E-state index in [1.807, 2.05) is 24.3 Å². The van der Waals surface area contributed by atoms with E-state index < -0.39 is 46.6 Å². The molecule has 0 saturated heterocycles. The maximum absolute atomic E-state index is 16.3. The Bertz CT molecular complexity index is 4660. The van der Waals surface area contributed by atoms with Crippen molar-refractivity contribution in [2.45, 2.75) is 43.4 Å². The van der Waals surface area contributed by atoms with Crippen LogP contribution < -0.4 is 0 Å². The van der Waals surface area contributed by atoms with E-state index >= 15 is 19.2 Å². The number of aliphatic imine (C=N–C) groups is 2. The summed E-state index contributed by atoms with van der Waals surface area (Å²) >= 11 is 2.97. The van der Waals surface area contributed by atoms with E-state index in [1.165, 1.54) is 12.1 Å². The number of thiophene rings is 3. The fraction of sp³-hybridized carbons (Fsp3) is 0.100. The standard InChI is InChI=1S/C70H40N6O10S3/c71-31-43(32-72)53-45-25-13-15-27-47(45)59(77)57(53)75-51-29-49-61(87-51)63-55(69(49,65(79)83-35-39-17-5-1-6-18-39)66(80)84-36-40-19-7-2-8-20-40)56-64(89-63)62-50(30-52(88-62)76-58-54(44(33-73)34-74)46-26-14-16-28-48(46)60(58)78)70(56,67(81)85-37-41-21-9-3-10-22-41)68(82)86-38-42-23-11-4-12-24-42/h1-30,59,77H,35-38H2. The maximum Gasteiger partial charge on any atom is 0.333 e. The number of ether oxygens (including phenoxy) is 4. The summed E-state index contributed by atoms with van der Waals surface area (Å²) in [5.41, 5.74) is -3.33. The van der Waals surface area contributed by atoms with Crippen LogP contribution in [0.5, 0.6) is 0 Å². The first-order chi connectivity index (χ1) is 43.4. The molecule has 0 amide bonds. The summed E-state index contributed by atoms with van der Waals surface area (Å²) in [6, 6.07) is 58.5. The normalized spacial score (nSPS) is 15.7. The molecule has 4 aliphatic carbocycles. The number of nitriles is 4. The van der Waals surface area contributed by atoms with Gasteiger partial charge in [0.15, 0.2) is 0 Å². The summed E-state index contributed by atoms with van der Waals surface area (Å²) in [7, 11) is 0. The number of hydrogen-bond donors (Lipinski definition) is 1. The number of aliphatic hydroxyl groups excluding tert-OH is 1. The highest BCUT2D eigenvalue weighted by molar-refractivity contribution is 7.29. The Morgan fingerprint density at radius 1 is 0.449 bits per heavy atom. The second kappa shape index (κ2) is 23.2. The van der Waals surface area contributed by atoms with Crippen LogP contribution in [0.1, 0.15) is 77.7 Å². The van der Waals surface area contributed by atoms with Gasteiger partial charge in [-0.25, -0.2) is 9.98 Å². The van der Waals surface area contributed by atoms with E-state index in [2.05, 4.69) is 0 Å². The monoisotopic (exact) mass is 1220 g/mol. The van der Waals surface area contributed by atoms with Crippen molar-refractivity contribution in [3.8, 4) is 43.8 Å². The van der Waals surface area contributed by atoms with Crippen LogP contribution in [0, 0.1) is 45.3 Å². The highest BCUT2D eigenvalue weighted by atomic mass is 32.1. The van der Waals surface area contributed by atoms with Gasteiger partial charge in [-0.1, -0.05) is 170 Å². The quantitative estimate of drug-likeness (QED) is 0.0459. The van der Waals surface area contributed by atoms with Gasteiger partial charge < -0.3 is 24.1 Å². The highest BCUT2D eigenvalue weighted by Gasteiger charge is 2.69. The molecule has 0 spiro atoms. The van der Waals surface area contributed by atoms with Crippen molar-refractivity contribution in [3.05, 3.63) is 260 Å². The van der Waals surface area contributed by atoms with Gasteiger partial charge in [0.1, 0.15) is 83.7 Å². The number of carbonyl (C=O) groups excluding carboxylic acids is 5. The number of nitrogens with zero attached hydrogens (tertiary/aromatic N) is 6. The molecule has 4 aliphatic rings. The number of esters is 4. The summed E-state index contributed by atoms with van der Waals surface area (Å²) in [4.78, 5) is 90.2. The van der Waals surface area contributed by atoms with Gasteiger partial charge in [0.2, 0.25) is 16.6 Å². The van der Waals surface area contributed by atoms with E-state index in [9.17, 15) is 30.9 Å². The van der Waals surface area contributed by atoms with Gasteiger partial charge in [-0.05, 0) is 51.1 Å². The molecular formula is C70H40N6O10S3. The van der Waals surface area contributed by atoms with Gasteiger partial charge in [-0.15, -0.1) is 34.0 Å². The first kappa shape index (κ1) is 56.8. The lowest BCUT2D eigenvalue weighted by Gasteiger charge is -2.32. The van der Waals surface area contributed by atoms with E-state index in [0.29, 0.717) is 38.9 Å². The molecule has 19 heteroatoms. The number of rotatable bonds is 14. The molecule has 1 unspecified atom stereocenters. The Morgan fingerprint density at radius 3 is 1.22 bits per heavy atom. The molecule has 0 aliphatic heterocycles. The van der Waals surface area contributed by atoms with Crippen molar-refractivity contribution in [2.24, 2.45) is 9.98 Å². The van der Waals surface area contributed by atoms with Crippen molar-refractivity contribution >= 4 is 96.2 Å². The van der Waals surface area contributed by atoms with Gasteiger partial charge in [0.05, 0.1) is 25.2 Å². The molecule has 16 nitrogen and oxygen atoms in total. The van der Waals surface area contributed by atoms with Crippen LogP contribution in [0.15, 0.2) is 203 Å². The van der Waals surface area contributed by atoms with Crippen molar-refractivity contribution in [1.29, 1.82) is 21.0 Å². The number of benzene rings is 6. The number of fused-ring (bicyclic) bond motifs is 9. The molecule has 13 rings (SSSR count). The molecule has 0 fully saturated rings. The minimum absolute atomic E-state index is 0.0127. The van der Waals surface area contributed by atoms with Crippen molar-refractivity contribution in [1.82, 2.24) is 0 Å². The summed E-state index contributed by atoms with van der Waals surface area (Å²) < 4.78 is 25.3. The first-order valence-electron chi connectivity index (χ1n) is 27.5. The molecule has 6 aromatic carbocycles. The minimum Gasteiger partial charge on any atom is -0.459 e. The third-order valence-corrected chi connectivity index (χ3v) is 19.3. The van der Waals surface area contributed by atoms with Crippen LogP contribution in [0.2, 0.25) is 0 Å². The largest absolute Gasteiger partial charge is 0.459 e. The molecule has 3 aromatic heterocycles. The molecule has 3 heterocycles. The third kappa shape index (κ3) is 9.29.